The van der Waals surface area contributed by atoms with E-state index in [2.05, 4.69) is 40.9 Å². The molecular weight excluding hydrogens is 511 g/mol. The van der Waals surface area contributed by atoms with Gasteiger partial charge in [0.15, 0.2) is 5.96 Å². The van der Waals surface area contributed by atoms with Gasteiger partial charge in [0.1, 0.15) is 0 Å². The number of guanidine groups is 1. The number of ether oxygens (including phenoxy) is 1. The van der Waals surface area contributed by atoms with Crippen molar-refractivity contribution >= 4 is 51.3 Å². The van der Waals surface area contributed by atoms with Crippen molar-refractivity contribution in [3.63, 3.8) is 0 Å². The Morgan fingerprint density at radius 2 is 1.96 bits per heavy atom. The summed E-state index contributed by atoms with van der Waals surface area (Å²) in [5, 5.41) is 8.48. The van der Waals surface area contributed by atoms with Crippen molar-refractivity contribution in [1.82, 2.24) is 14.9 Å². The summed E-state index contributed by atoms with van der Waals surface area (Å²) in [6, 6.07) is 4.17. The Kier molecular flexibility index (Phi) is 10.1. The fourth-order valence-electron chi connectivity index (χ4n) is 3.06. The number of rotatable bonds is 7. The molecule has 0 bridgehead atoms. The van der Waals surface area contributed by atoms with Crippen LogP contribution in [0.3, 0.4) is 0 Å². The molecule has 2 unspecified atom stereocenters. The summed E-state index contributed by atoms with van der Waals surface area (Å²) in [6.07, 6.45) is -0.157. The molecular formula is C18H33IN4O3S2. The van der Waals surface area contributed by atoms with E-state index in [-0.39, 0.29) is 47.4 Å². The van der Waals surface area contributed by atoms with Crippen molar-refractivity contribution in [2.45, 2.75) is 45.3 Å². The van der Waals surface area contributed by atoms with Gasteiger partial charge in [0, 0.05) is 43.5 Å². The minimum absolute atomic E-state index is 0. The van der Waals surface area contributed by atoms with Crippen LogP contribution in [0.4, 0.5) is 0 Å². The average Bonchev–Trinajstić information content (AvgIpc) is 3.12. The molecule has 0 radical (unpaired) electrons. The number of hydrogen-bond donors (Lipinski definition) is 2. The Morgan fingerprint density at radius 3 is 2.50 bits per heavy atom. The highest BCUT2D eigenvalue weighted by molar-refractivity contribution is 14.0. The summed E-state index contributed by atoms with van der Waals surface area (Å²) < 4.78 is 32.3. The fraction of sp³-hybridized carbons (Fsp3) is 0.722. The molecule has 7 nitrogen and oxygen atoms in total. The number of hydrogen-bond acceptors (Lipinski definition) is 5. The minimum Gasteiger partial charge on any atom is -0.373 e. The second-order valence-electron chi connectivity index (χ2n) is 7.60. The molecule has 0 aliphatic carbocycles. The molecule has 1 fully saturated rings. The van der Waals surface area contributed by atoms with Gasteiger partial charge in [0.25, 0.3) is 0 Å². The molecule has 0 amide bonds. The largest absolute Gasteiger partial charge is 0.373 e. The van der Waals surface area contributed by atoms with E-state index in [0.717, 1.165) is 0 Å². The third-order valence-corrected chi connectivity index (χ3v) is 7.58. The number of morpholine rings is 1. The van der Waals surface area contributed by atoms with Crippen LogP contribution in [0.1, 0.15) is 32.6 Å². The molecule has 0 spiro atoms. The van der Waals surface area contributed by atoms with Gasteiger partial charge in [0.2, 0.25) is 10.0 Å². The molecule has 2 rings (SSSR count). The predicted octanol–water partition coefficient (Wildman–Crippen LogP) is 2.25. The summed E-state index contributed by atoms with van der Waals surface area (Å²) in [5.41, 5.74) is -0.0298. The first-order valence-corrected chi connectivity index (χ1v) is 11.7. The summed E-state index contributed by atoms with van der Waals surface area (Å²) in [7, 11) is -1.63. The highest BCUT2D eigenvalue weighted by atomic mass is 127. The summed E-state index contributed by atoms with van der Waals surface area (Å²) in [6.45, 7) is 9.98. The maximum Gasteiger partial charge on any atom is 0.216 e. The Bertz CT molecular complexity index is 713. The summed E-state index contributed by atoms with van der Waals surface area (Å²) in [5.74, 6) is 0.639. The highest BCUT2D eigenvalue weighted by Gasteiger charge is 2.30. The zero-order valence-corrected chi connectivity index (χ0v) is 21.2. The molecule has 162 valence electrons. The maximum atomic E-state index is 12.6. The number of sulfonamides is 1. The Labute approximate surface area is 190 Å². The number of nitrogens with zero attached hydrogens (tertiary/aromatic N) is 2. The Morgan fingerprint density at radius 1 is 1.32 bits per heavy atom. The first kappa shape index (κ1) is 25.6. The van der Waals surface area contributed by atoms with Crippen molar-refractivity contribution in [3.05, 3.63) is 22.4 Å². The van der Waals surface area contributed by atoms with Crippen molar-refractivity contribution in [3.8, 4) is 0 Å². The van der Waals surface area contributed by atoms with E-state index in [1.165, 1.54) is 9.18 Å². The van der Waals surface area contributed by atoms with E-state index in [4.69, 9.17) is 4.74 Å². The van der Waals surface area contributed by atoms with Gasteiger partial charge in [-0.3, -0.25) is 4.99 Å². The number of halogens is 1. The number of aliphatic imine (C=N–C) groups is 1. The molecule has 2 atom stereocenters. The monoisotopic (exact) mass is 544 g/mol. The van der Waals surface area contributed by atoms with Crippen LogP contribution in [0, 0.1) is 0 Å². The van der Waals surface area contributed by atoms with E-state index in [1.54, 1.807) is 18.4 Å². The van der Waals surface area contributed by atoms with Crippen LogP contribution in [-0.4, -0.2) is 69.9 Å². The van der Waals surface area contributed by atoms with Crippen LogP contribution < -0.4 is 10.6 Å². The van der Waals surface area contributed by atoms with Gasteiger partial charge in [0.05, 0.1) is 18.0 Å². The lowest BCUT2D eigenvalue weighted by molar-refractivity contribution is -0.0440. The molecule has 28 heavy (non-hydrogen) atoms. The third-order valence-electron chi connectivity index (χ3n) is 4.54. The lowest BCUT2D eigenvalue weighted by Gasteiger charge is -2.34. The fourth-order valence-corrected chi connectivity index (χ4v) is 5.41. The molecule has 0 aromatic carbocycles. The normalized spacial score (nSPS) is 21.8. The Balaban J connectivity index is 0.00000392. The molecule has 1 aliphatic rings. The van der Waals surface area contributed by atoms with Crippen LogP contribution in [-0.2, 0) is 20.2 Å². The predicted molar refractivity (Wildman–Crippen MR) is 127 cm³/mol. The van der Waals surface area contributed by atoms with Crippen LogP contribution in [0.15, 0.2) is 22.5 Å². The summed E-state index contributed by atoms with van der Waals surface area (Å²) >= 11 is 1.73. The first-order chi connectivity index (χ1) is 12.6. The van der Waals surface area contributed by atoms with Crippen molar-refractivity contribution in [2.75, 3.05) is 39.0 Å². The standard InChI is InChI=1S/C18H32N4O3S2.HI/c1-14-11-22(12-15(2)25-14)27(23,24)10-8-20-17(19-5)21-13-18(3,4)16-7-6-9-26-16;/h6-7,9,14-15H,8,10-13H2,1-5H3,(H2,19,20,21);1H. The van der Waals surface area contributed by atoms with Crippen LogP contribution >= 0.6 is 35.3 Å². The van der Waals surface area contributed by atoms with E-state index < -0.39 is 10.0 Å². The summed E-state index contributed by atoms with van der Waals surface area (Å²) in [4.78, 5) is 5.49. The van der Waals surface area contributed by atoms with Crippen molar-refractivity contribution in [2.24, 2.45) is 4.99 Å². The van der Waals surface area contributed by atoms with Crippen molar-refractivity contribution in [1.29, 1.82) is 0 Å². The van der Waals surface area contributed by atoms with Gasteiger partial charge in [-0.2, -0.15) is 4.31 Å². The zero-order chi connectivity index (χ0) is 20.1. The molecule has 0 saturated carbocycles. The maximum absolute atomic E-state index is 12.6. The third kappa shape index (κ3) is 7.43. The van der Waals surface area contributed by atoms with Crippen LogP contribution in [0.2, 0.25) is 0 Å². The minimum atomic E-state index is -3.32. The van der Waals surface area contributed by atoms with E-state index in [9.17, 15) is 8.42 Å². The topological polar surface area (TPSA) is 83.0 Å². The molecule has 2 N–H and O–H groups in total. The van der Waals surface area contributed by atoms with E-state index in [0.29, 0.717) is 32.1 Å². The van der Waals surface area contributed by atoms with Gasteiger partial charge in [-0.25, -0.2) is 8.42 Å². The first-order valence-electron chi connectivity index (χ1n) is 9.26. The van der Waals surface area contributed by atoms with Gasteiger partial charge >= 0.3 is 0 Å². The highest BCUT2D eigenvalue weighted by Crippen LogP contribution is 2.26. The lowest BCUT2D eigenvalue weighted by atomic mass is 9.91. The second-order valence-corrected chi connectivity index (χ2v) is 10.6. The zero-order valence-electron chi connectivity index (χ0n) is 17.3. The molecule has 10 heteroatoms. The quantitative estimate of drug-likeness (QED) is 0.313. The molecule has 1 saturated heterocycles. The van der Waals surface area contributed by atoms with Crippen LogP contribution in [0.5, 0.6) is 0 Å². The van der Waals surface area contributed by atoms with Gasteiger partial charge in [-0.15, -0.1) is 35.3 Å². The van der Waals surface area contributed by atoms with Crippen LogP contribution in [0.25, 0.3) is 0 Å². The number of nitrogens with one attached hydrogen (secondary N) is 2. The van der Waals surface area contributed by atoms with E-state index in [1.807, 2.05) is 19.9 Å². The number of thiophene rings is 1. The average molecular weight is 545 g/mol. The van der Waals surface area contributed by atoms with Gasteiger partial charge in [-0.05, 0) is 25.3 Å². The van der Waals surface area contributed by atoms with E-state index >= 15 is 0 Å². The second kappa shape index (κ2) is 11.1. The van der Waals surface area contributed by atoms with Crippen molar-refractivity contribution < 1.29 is 13.2 Å². The molecule has 1 aromatic rings. The lowest BCUT2D eigenvalue weighted by Crippen LogP contribution is -2.50. The van der Waals surface area contributed by atoms with Gasteiger partial charge < -0.3 is 15.4 Å². The Hall–Kier alpha value is -0.430. The SMILES string of the molecule is CN=C(NCCS(=O)(=O)N1CC(C)OC(C)C1)NCC(C)(C)c1cccs1.I. The molecule has 1 aliphatic heterocycles. The molecule has 2 heterocycles. The smallest absolute Gasteiger partial charge is 0.216 e. The van der Waals surface area contributed by atoms with Gasteiger partial charge in [-0.1, -0.05) is 19.9 Å². The molecule has 1 aromatic heterocycles.